The van der Waals surface area contributed by atoms with E-state index in [-0.39, 0.29) is 12.5 Å². The molecule has 3 rings (SSSR count). The molecule has 0 spiro atoms. The van der Waals surface area contributed by atoms with Gasteiger partial charge in [-0.2, -0.15) is 5.10 Å². The smallest absolute Gasteiger partial charge is 0.329 e. The Hall–Kier alpha value is -4.66. The molecule has 9 heteroatoms. The van der Waals surface area contributed by atoms with E-state index in [0.717, 1.165) is 12.0 Å². The summed E-state index contributed by atoms with van der Waals surface area (Å²) < 4.78 is 11.3. The van der Waals surface area contributed by atoms with Crippen LogP contribution in [0.4, 0.5) is 11.4 Å². The monoisotopic (exact) mass is 502 g/mol. The van der Waals surface area contributed by atoms with E-state index in [1.807, 2.05) is 50.2 Å². The zero-order chi connectivity index (χ0) is 26.6. The first kappa shape index (κ1) is 26.9. The third-order valence-electron chi connectivity index (χ3n) is 5.25. The van der Waals surface area contributed by atoms with Crippen LogP contribution in [0.25, 0.3) is 0 Å². The minimum Gasteiger partial charge on any atom is -0.490 e. The van der Waals surface area contributed by atoms with Crippen molar-refractivity contribution in [2.45, 2.75) is 27.2 Å². The number of hydrogen-bond acceptors (Lipinski definition) is 6. The van der Waals surface area contributed by atoms with Crippen molar-refractivity contribution in [1.82, 2.24) is 5.43 Å². The van der Waals surface area contributed by atoms with Crippen molar-refractivity contribution in [3.8, 4) is 11.5 Å². The SMILES string of the molecule is CCOc1cc(/C=N\NC(=O)C(=O)Nc2ccccc2C)ccc1OCC(=O)Nc1ccc(CC)cc1. The van der Waals surface area contributed by atoms with Crippen LogP contribution >= 0.6 is 0 Å². The Labute approximate surface area is 215 Å². The Morgan fingerprint density at radius 2 is 1.62 bits per heavy atom. The van der Waals surface area contributed by atoms with E-state index in [0.29, 0.717) is 35.0 Å². The number of ether oxygens (including phenoxy) is 2. The number of amides is 3. The highest BCUT2D eigenvalue weighted by Crippen LogP contribution is 2.28. The Kier molecular flexibility index (Phi) is 9.78. The van der Waals surface area contributed by atoms with Gasteiger partial charge in [-0.05, 0) is 73.4 Å². The van der Waals surface area contributed by atoms with Gasteiger partial charge >= 0.3 is 11.8 Å². The molecular weight excluding hydrogens is 472 g/mol. The number of para-hydroxylation sites is 1. The number of carbonyl (C=O) groups excluding carboxylic acids is 3. The summed E-state index contributed by atoms with van der Waals surface area (Å²) in [4.78, 5) is 36.5. The zero-order valence-electron chi connectivity index (χ0n) is 21.0. The largest absolute Gasteiger partial charge is 0.490 e. The maximum atomic E-state index is 12.3. The third-order valence-corrected chi connectivity index (χ3v) is 5.25. The summed E-state index contributed by atoms with van der Waals surface area (Å²) >= 11 is 0. The van der Waals surface area contributed by atoms with Crippen molar-refractivity contribution in [3.63, 3.8) is 0 Å². The van der Waals surface area contributed by atoms with E-state index in [2.05, 4.69) is 28.1 Å². The third kappa shape index (κ3) is 8.21. The number of anilines is 2. The van der Waals surface area contributed by atoms with Crippen molar-refractivity contribution in [3.05, 3.63) is 83.4 Å². The number of nitrogens with one attached hydrogen (secondary N) is 3. The van der Waals surface area contributed by atoms with Gasteiger partial charge < -0.3 is 20.1 Å². The fourth-order valence-electron chi connectivity index (χ4n) is 3.27. The minimum absolute atomic E-state index is 0.199. The molecule has 0 aliphatic heterocycles. The lowest BCUT2D eigenvalue weighted by molar-refractivity contribution is -0.136. The highest BCUT2D eigenvalue weighted by molar-refractivity contribution is 6.39. The molecule has 0 bridgehead atoms. The Morgan fingerprint density at radius 3 is 2.32 bits per heavy atom. The molecule has 0 saturated carbocycles. The summed E-state index contributed by atoms with van der Waals surface area (Å²) in [6.45, 7) is 5.89. The van der Waals surface area contributed by atoms with Crippen LogP contribution < -0.4 is 25.5 Å². The predicted molar refractivity (Wildman–Crippen MR) is 143 cm³/mol. The Morgan fingerprint density at radius 1 is 0.865 bits per heavy atom. The van der Waals surface area contributed by atoms with Gasteiger partial charge in [-0.3, -0.25) is 14.4 Å². The summed E-state index contributed by atoms with van der Waals surface area (Å²) in [6.07, 6.45) is 2.30. The van der Waals surface area contributed by atoms with Gasteiger partial charge in [-0.25, -0.2) is 5.43 Å². The fraction of sp³-hybridized carbons (Fsp3) is 0.214. The van der Waals surface area contributed by atoms with Crippen molar-refractivity contribution in [2.24, 2.45) is 5.10 Å². The summed E-state index contributed by atoms with van der Waals surface area (Å²) in [6, 6.07) is 19.7. The Balaban J connectivity index is 1.55. The number of aryl methyl sites for hydroxylation is 2. The number of hydrogen-bond donors (Lipinski definition) is 3. The molecule has 0 unspecified atom stereocenters. The van der Waals surface area contributed by atoms with E-state index in [1.165, 1.54) is 11.8 Å². The van der Waals surface area contributed by atoms with E-state index in [4.69, 9.17) is 9.47 Å². The Bertz CT molecular complexity index is 1270. The molecule has 0 atom stereocenters. The van der Waals surface area contributed by atoms with Gasteiger partial charge in [0, 0.05) is 11.4 Å². The minimum atomic E-state index is -0.903. The van der Waals surface area contributed by atoms with Crippen molar-refractivity contribution in [2.75, 3.05) is 23.8 Å². The first-order valence-corrected chi connectivity index (χ1v) is 11.9. The molecule has 0 aromatic heterocycles. The van der Waals surface area contributed by atoms with Crippen molar-refractivity contribution < 1.29 is 23.9 Å². The van der Waals surface area contributed by atoms with Gasteiger partial charge in [0.05, 0.1) is 12.8 Å². The van der Waals surface area contributed by atoms with E-state index in [9.17, 15) is 14.4 Å². The quantitative estimate of drug-likeness (QED) is 0.220. The topological polar surface area (TPSA) is 118 Å². The summed E-state index contributed by atoms with van der Waals surface area (Å²) in [5.41, 5.74) is 6.05. The van der Waals surface area contributed by atoms with Crippen LogP contribution in [0.5, 0.6) is 11.5 Å². The second-order valence-electron chi connectivity index (χ2n) is 7.99. The van der Waals surface area contributed by atoms with Crippen LogP contribution in [0.15, 0.2) is 71.8 Å². The fourth-order valence-corrected chi connectivity index (χ4v) is 3.27. The van der Waals surface area contributed by atoms with E-state index < -0.39 is 11.8 Å². The van der Waals surface area contributed by atoms with Crippen LogP contribution in [0.3, 0.4) is 0 Å². The van der Waals surface area contributed by atoms with Crippen LogP contribution in [0, 0.1) is 6.92 Å². The number of hydrazone groups is 1. The molecule has 3 amide bonds. The van der Waals surface area contributed by atoms with Crippen LogP contribution in [-0.4, -0.2) is 37.1 Å². The normalized spacial score (nSPS) is 10.6. The van der Waals surface area contributed by atoms with Gasteiger partial charge in [0.1, 0.15) is 0 Å². The summed E-state index contributed by atoms with van der Waals surface area (Å²) in [7, 11) is 0. The van der Waals surface area contributed by atoms with Crippen molar-refractivity contribution >= 4 is 35.3 Å². The maximum absolute atomic E-state index is 12.3. The highest BCUT2D eigenvalue weighted by Gasteiger charge is 2.14. The first-order valence-electron chi connectivity index (χ1n) is 11.9. The van der Waals surface area contributed by atoms with Crippen LogP contribution in [0.1, 0.15) is 30.5 Å². The zero-order valence-corrected chi connectivity index (χ0v) is 21.0. The molecule has 0 aliphatic rings. The van der Waals surface area contributed by atoms with Gasteiger partial charge in [0.2, 0.25) is 0 Å². The van der Waals surface area contributed by atoms with Gasteiger partial charge in [-0.1, -0.05) is 37.3 Å². The summed E-state index contributed by atoms with van der Waals surface area (Å²) in [5, 5.41) is 9.18. The molecule has 0 saturated heterocycles. The molecule has 192 valence electrons. The van der Waals surface area contributed by atoms with Crippen LogP contribution in [0.2, 0.25) is 0 Å². The van der Waals surface area contributed by atoms with E-state index >= 15 is 0 Å². The maximum Gasteiger partial charge on any atom is 0.329 e. The molecule has 0 aliphatic carbocycles. The highest BCUT2D eigenvalue weighted by atomic mass is 16.5. The molecule has 9 nitrogen and oxygen atoms in total. The number of benzene rings is 3. The van der Waals surface area contributed by atoms with Crippen LogP contribution in [-0.2, 0) is 20.8 Å². The summed E-state index contributed by atoms with van der Waals surface area (Å²) in [5.74, 6) is -1.24. The second-order valence-corrected chi connectivity index (χ2v) is 7.99. The lowest BCUT2D eigenvalue weighted by atomic mass is 10.1. The van der Waals surface area contributed by atoms with Gasteiger partial charge in [-0.15, -0.1) is 0 Å². The van der Waals surface area contributed by atoms with Gasteiger partial charge in [0.15, 0.2) is 18.1 Å². The molecule has 37 heavy (non-hydrogen) atoms. The van der Waals surface area contributed by atoms with Crippen molar-refractivity contribution in [1.29, 1.82) is 0 Å². The molecule has 0 heterocycles. The average Bonchev–Trinajstić information content (AvgIpc) is 2.90. The number of rotatable bonds is 10. The predicted octanol–water partition coefficient (Wildman–Crippen LogP) is 4.06. The molecule has 3 aromatic rings. The molecule has 0 radical (unpaired) electrons. The lowest BCUT2D eigenvalue weighted by Crippen LogP contribution is -2.32. The van der Waals surface area contributed by atoms with E-state index in [1.54, 1.807) is 30.3 Å². The number of carbonyl (C=O) groups is 3. The molecule has 3 aromatic carbocycles. The first-order chi connectivity index (χ1) is 17.9. The standard InChI is InChI=1S/C28H30N4O5/c1-4-20-10-13-22(14-11-20)30-26(33)18-37-24-15-12-21(16-25(24)36-5-2)17-29-32-28(35)27(34)31-23-9-7-6-8-19(23)3/h6-17H,4-5,18H2,1-3H3,(H,30,33)(H,31,34)(H,32,35)/b29-17-. The number of nitrogens with zero attached hydrogens (tertiary/aromatic N) is 1. The molecule has 3 N–H and O–H groups in total. The lowest BCUT2D eigenvalue weighted by Gasteiger charge is -2.13. The molecular formula is C28H30N4O5. The second kappa shape index (κ2) is 13.4. The van der Waals surface area contributed by atoms with Gasteiger partial charge in [0.25, 0.3) is 5.91 Å². The average molecular weight is 503 g/mol. The molecule has 0 fully saturated rings.